The number of carbonyl (C=O) groups excluding carboxylic acids is 1. The van der Waals surface area contributed by atoms with Gasteiger partial charge < -0.3 is 5.32 Å². The molecule has 3 rings (SSSR count). The van der Waals surface area contributed by atoms with Gasteiger partial charge in [0.05, 0.1) is 11.4 Å². The van der Waals surface area contributed by atoms with Crippen LogP contribution in [0.1, 0.15) is 34.3 Å². The fourth-order valence-electron chi connectivity index (χ4n) is 2.60. The molecule has 0 saturated heterocycles. The number of halogens is 1. The van der Waals surface area contributed by atoms with Crippen molar-refractivity contribution >= 4 is 33.2 Å². The van der Waals surface area contributed by atoms with Gasteiger partial charge >= 0.3 is 0 Å². The molecule has 0 radical (unpaired) electrons. The highest BCUT2D eigenvalue weighted by Crippen LogP contribution is 2.26. The molecule has 134 valence electrons. The Hall–Kier alpha value is -2.05. The Bertz CT molecular complexity index is 878. The van der Waals surface area contributed by atoms with Crippen LogP contribution in [0, 0.1) is 6.92 Å². The molecule has 0 fully saturated rings. The maximum absolute atomic E-state index is 12.6. The van der Waals surface area contributed by atoms with Crippen molar-refractivity contribution in [2.45, 2.75) is 32.7 Å². The summed E-state index contributed by atoms with van der Waals surface area (Å²) in [5, 5.41) is 3.86. The van der Waals surface area contributed by atoms with Gasteiger partial charge in [0.1, 0.15) is 9.88 Å². The van der Waals surface area contributed by atoms with Gasteiger partial charge in [0, 0.05) is 16.7 Å². The van der Waals surface area contributed by atoms with Gasteiger partial charge in [-0.15, -0.1) is 11.3 Å². The number of thiazole rings is 1. The van der Waals surface area contributed by atoms with Crippen LogP contribution in [-0.4, -0.2) is 21.9 Å². The van der Waals surface area contributed by atoms with Gasteiger partial charge in [0.2, 0.25) is 0 Å². The van der Waals surface area contributed by atoms with Crippen molar-refractivity contribution in [2.75, 3.05) is 0 Å². The van der Waals surface area contributed by atoms with Gasteiger partial charge in [-0.3, -0.25) is 9.78 Å². The van der Waals surface area contributed by atoms with E-state index in [1.54, 1.807) is 6.20 Å². The van der Waals surface area contributed by atoms with E-state index >= 15 is 0 Å². The third-order valence-electron chi connectivity index (χ3n) is 4.04. The molecule has 1 unspecified atom stereocenters. The minimum atomic E-state index is -0.0644. The average molecular weight is 430 g/mol. The van der Waals surface area contributed by atoms with Gasteiger partial charge in [-0.1, -0.05) is 34.1 Å². The standard InChI is InChI=1S/C20H20BrN3OS/c1-13(6-7-15-8-10-16(21)11-9-15)23-19(25)18-14(2)24-20(26-18)17-5-3-4-12-22-17/h3-5,8-13H,6-7H2,1-2H3,(H,23,25). The van der Waals surface area contributed by atoms with Crippen molar-refractivity contribution in [1.82, 2.24) is 15.3 Å². The Labute approximate surface area is 165 Å². The lowest BCUT2D eigenvalue weighted by molar-refractivity contribution is 0.0942. The van der Waals surface area contributed by atoms with Crippen LogP contribution < -0.4 is 5.32 Å². The first-order valence-corrected chi connectivity index (χ1v) is 10.1. The van der Waals surface area contributed by atoms with Crippen LogP contribution in [0.2, 0.25) is 0 Å². The number of benzene rings is 1. The van der Waals surface area contributed by atoms with Crippen molar-refractivity contribution in [3.05, 3.63) is 69.3 Å². The summed E-state index contributed by atoms with van der Waals surface area (Å²) in [5.41, 5.74) is 2.80. The third kappa shape index (κ3) is 4.77. The number of amides is 1. The highest BCUT2D eigenvalue weighted by atomic mass is 79.9. The summed E-state index contributed by atoms with van der Waals surface area (Å²) in [4.78, 5) is 22.1. The van der Waals surface area contributed by atoms with E-state index < -0.39 is 0 Å². The smallest absolute Gasteiger partial charge is 0.263 e. The third-order valence-corrected chi connectivity index (χ3v) is 5.75. The largest absolute Gasteiger partial charge is 0.349 e. The van der Waals surface area contributed by atoms with Crippen LogP contribution in [0.4, 0.5) is 0 Å². The molecule has 1 N–H and O–H groups in total. The zero-order valence-corrected chi connectivity index (χ0v) is 17.1. The average Bonchev–Trinajstić information content (AvgIpc) is 3.04. The minimum Gasteiger partial charge on any atom is -0.349 e. The van der Waals surface area contributed by atoms with Crippen LogP contribution in [0.5, 0.6) is 0 Å². The lowest BCUT2D eigenvalue weighted by Crippen LogP contribution is -2.32. The molecule has 1 atom stereocenters. The molecule has 2 aromatic heterocycles. The predicted octanol–water partition coefficient (Wildman–Crippen LogP) is 5.03. The van der Waals surface area contributed by atoms with Crippen LogP contribution >= 0.6 is 27.3 Å². The van der Waals surface area contributed by atoms with E-state index in [9.17, 15) is 4.79 Å². The first-order chi connectivity index (χ1) is 12.5. The Morgan fingerprint density at radius 1 is 1.23 bits per heavy atom. The lowest BCUT2D eigenvalue weighted by Gasteiger charge is -2.13. The van der Waals surface area contributed by atoms with E-state index in [2.05, 4.69) is 43.3 Å². The number of aromatic nitrogens is 2. The molecule has 3 aromatic rings. The first-order valence-electron chi connectivity index (χ1n) is 8.47. The summed E-state index contributed by atoms with van der Waals surface area (Å²) in [6.45, 7) is 3.90. The highest BCUT2D eigenvalue weighted by Gasteiger charge is 2.18. The molecular weight excluding hydrogens is 410 g/mol. The molecule has 1 amide bonds. The van der Waals surface area contributed by atoms with Crippen molar-refractivity contribution in [3.8, 4) is 10.7 Å². The van der Waals surface area contributed by atoms with E-state index in [4.69, 9.17) is 0 Å². The highest BCUT2D eigenvalue weighted by molar-refractivity contribution is 9.10. The monoisotopic (exact) mass is 429 g/mol. The Morgan fingerprint density at radius 2 is 2.00 bits per heavy atom. The van der Waals surface area contributed by atoms with Gasteiger partial charge in [-0.05, 0) is 56.5 Å². The van der Waals surface area contributed by atoms with E-state index in [-0.39, 0.29) is 11.9 Å². The second-order valence-corrected chi connectivity index (χ2v) is 8.10. The molecule has 4 nitrogen and oxygen atoms in total. The normalized spacial score (nSPS) is 12.0. The number of nitrogens with one attached hydrogen (secondary N) is 1. The number of rotatable bonds is 6. The number of pyridine rings is 1. The Balaban J connectivity index is 1.60. The van der Waals surface area contributed by atoms with Crippen LogP contribution in [0.3, 0.4) is 0 Å². The van der Waals surface area contributed by atoms with Gasteiger partial charge in [-0.25, -0.2) is 4.98 Å². The second kappa shape index (κ2) is 8.56. The summed E-state index contributed by atoms with van der Waals surface area (Å²) in [6, 6.07) is 14.1. The topological polar surface area (TPSA) is 54.9 Å². The summed E-state index contributed by atoms with van der Waals surface area (Å²) >= 11 is 4.83. The maximum atomic E-state index is 12.6. The minimum absolute atomic E-state index is 0.0644. The number of aryl methyl sites for hydroxylation is 2. The summed E-state index contributed by atoms with van der Waals surface area (Å²) in [7, 11) is 0. The van der Waals surface area contributed by atoms with E-state index in [1.165, 1.54) is 16.9 Å². The summed E-state index contributed by atoms with van der Waals surface area (Å²) in [5.74, 6) is -0.0644. The van der Waals surface area contributed by atoms with E-state index in [1.807, 2.05) is 44.2 Å². The van der Waals surface area contributed by atoms with Crippen LogP contribution in [0.25, 0.3) is 10.7 Å². The molecule has 26 heavy (non-hydrogen) atoms. The number of nitrogens with zero attached hydrogens (tertiary/aromatic N) is 2. The fourth-order valence-corrected chi connectivity index (χ4v) is 3.81. The zero-order valence-electron chi connectivity index (χ0n) is 14.7. The van der Waals surface area contributed by atoms with Crippen molar-refractivity contribution in [3.63, 3.8) is 0 Å². The molecule has 0 bridgehead atoms. The molecule has 0 aliphatic heterocycles. The maximum Gasteiger partial charge on any atom is 0.263 e. The molecule has 2 heterocycles. The van der Waals surface area contributed by atoms with Gasteiger partial charge in [-0.2, -0.15) is 0 Å². The fraction of sp³-hybridized carbons (Fsp3) is 0.250. The summed E-state index contributed by atoms with van der Waals surface area (Å²) < 4.78 is 1.08. The first kappa shape index (κ1) is 18.7. The van der Waals surface area contributed by atoms with Gasteiger partial charge in [0.25, 0.3) is 5.91 Å². The van der Waals surface area contributed by atoms with Crippen LogP contribution in [0.15, 0.2) is 53.1 Å². The number of hydrogen-bond acceptors (Lipinski definition) is 4. The molecule has 0 aliphatic rings. The molecular formula is C20H20BrN3OS. The summed E-state index contributed by atoms with van der Waals surface area (Å²) in [6.07, 6.45) is 3.55. The molecule has 1 aromatic carbocycles. The van der Waals surface area contributed by atoms with Crippen molar-refractivity contribution in [1.29, 1.82) is 0 Å². The van der Waals surface area contributed by atoms with Gasteiger partial charge in [0.15, 0.2) is 0 Å². The predicted molar refractivity (Wildman–Crippen MR) is 109 cm³/mol. The lowest BCUT2D eigenvalue weighted by atomic mass is 10.1. The molecule has 0 spiro atoms. The second-order valence-electron chi connectivity index (χ2n) is 6.19. The molecule has 0 saturated carbocycles. The van der Waals surface area contributed by atoms with E-state index in [0.717, 1.165) is 33.7 Å². The number of carbonyl (C=O) groups is 1. The molecule has 0 aliphatic carbocycles. The van der Waals surface area contributed by atoms with Crippen molar-refractivity contribution < 1.29 is 4.79 Å². The number of hydrogen-bond donors (Lipinski definition) is 1. The van der Waals surface area contributed by atoms with Crippen molar-refractivity contribution in [2.24, 2.45) is 0 Å². The zero-order chi connectivity index (χ0) is 18.5. The Morgan fingerprint density at radius 3 is 2.69 bits per heavy atom. The SMILES string of the molecule is Cc1nc(-c2ccccn2)sc1C(=O)NC(C)CCc1ccc(Br)cc1. The molecule has 6 heteroatoms. The Kier molecular flexibility index (Phi) is 6.16. The van der Waals surface area contributed by atoms with E-state index in [0.29, 0.717) is 4.88 Å². The quantitative estimate of drug-likeness (QED) is 0.597. The van der Waals surface area contributed by atoms with Crippen LogP contribution in [-0.2, 0) is 6.42 Å².